The Hall–Kier alpha value is -1.10. The monoisotopic (exact) mass is 214 g/mol. The molecule has 1 heterocycles. The molecular formula is C10H18N2O3. The maximum atomic E-state index is 11.6. The van der Waals surface area contributed by atoms with Gasteiger partial charge in [-0.1, -0.05) is 20.8 Å². The molecule has 15 heavy (non-hydrogen) atoms. The normalized spacial score (nSPS) is 27.2. The van der Waals surface area contributed by atoms with Gasteiger partial charge in [-0.25, -0.2) is 5.43 Å². The van der Waals surface area contributed by atoms with Gasteiger partial charge in [0.15, 0.2) is 0 Å². The fourth-order valence-electron chi connectivity index (χ4n) is 1.49. The summed E-state index contributed by atoms with van der Waals surface area (Å²) in [7, 11) is 0. The van der Waals surface area contributed by atoms with Gasteiger partial charge in [-0.2, -0.15) is 0 Å². The lowest BCUT2D eigenvalue weighted by Crippen LogP contribution is -2.53. The number of nitrogens with zero attached hydrogens (tertiary/aromatic N) is 1. The van der Waals surface area contributed by atoms with Crippen LogP contribution in [0.4, 0.5) is 0 Å². The maximum Gasteiger partial charge on any atom is 0.324 e. The Kier molecular flexibility index (Phi) is 2.78. The number of carboxylic acids is 1. The van der Waals surface area contributed by atoms with Crippen molar-refractivity contribution in [3.8, 4) is 0 Å². The van der Waals surface area contributed by atoms with Crippen molar-refractivity contribution in [2.45, 2.75) is 39.7 Å². The van der Waals surface area contributed by atoms with Crippen LogP contribution >= 0.6 is 0 Å². The zero-order chi connectivity index (χ0) is 11.9. The second-order valence-electron chi connectivity index (χ2n) is 5.24. The maximum absolute atomic E-state index is 11.6. The van der Waals surface area contributed by atoms with Gasteiger partial charge in [0, 0.05) is 12.0 Å². The fourth-order valence-corrected chi connectivity index (χ4v) is 1.49. The molecule has 0 bridgehead atoms. The number of amides is 1. The first-order chi connectivity index (χ1) is 6.66. The Labute approximate surface area is 89.4 Å². The highest BCUT2D eigenvalue weighted by molar-refractivity contribution is 5.83. The highest BCUT2D eigenvalue weighted by Gasteiger charge is 2.47. The minimum atomic E-state index is -1.01. The van der Waals surface area contributed by atoms with Gasteiger partial charge in [-0.3, -0.25) is 14.6 Å². The summed E-state index contributed by atoms with van der Waals surface area (Å²) in [6.07, 6.45) is 0.337. The van der Waals surface area contributed by atoms with Gasteiger partial charge in [0.25, 0.3) is 0 Å². The van der Waals surface area contributed by atoms with E-state index in [1.165, 1.54) is 5.01 Å². The highest BCUT2D eigenvalue weighted by Crippen LogP contribution is 2.36. The van der Waals surface area contributed by atoms with E-state index in [4.69, 9.17) is 5.11 Å². The summed E-state index contributed by atoms with van der Waals surface area (Å²) in [6.45, 7) is 7.73. The standard InChI is InChI=1S/C10H18N2O3/c1-9(2,3)10(4)5-7(13)12(11-10)6-8(14)15/h11H,5-6H2,1-4H3,(H,14,15). The molecular weight excluding hydrogens is 196 g/mol. The summed E-state index contributed by atoms with van der Waals surface area (Å²) in [5.41, 5.74) is 2.51. The van der Waals surface area contributed by atoms with Gasteiger partial charge >= 0.3 is 5.97 Å². The fraction of sp³-hybridized carbons (Fsp3) is 0.800. The number of carbonyl (C=O) groups excluding carboxylic acids is 1. The topological polar surface area (TPSA) is 69.6 Å². The predicted molar refractivity (Wildman–Crippen MR) is 55.0 cm³/mol. The molecule has 1 rings (SSSR count). The third-order valence-electron chi connectivity index (χ3n) is 3.14. The van der Waals surface area contributed by atoms with Crippen molar-refractivity contribution < 1.29 is 14.7 Å². The van der Waals surface area contributed by atoms with E-state index in [-0.39, 0.29) is 23.4 Å². The van der Waals surface area contributed by atoms with Crippen LogP contribution < -0.4 is 5.43 Å². The molecule has 1 saturated heterocycles. The molecule has 86 valence electrons. The van der Waals surface area contributed by atoms with E-state index in [0.29, 0.717) is 6.42 Å². The molecule has 0 aromatic carbocycles. The van der Waals surface area contributed by atoms with Crippen LogP contribution in [-0.2, 0) is 9.59 Å². The van der Waals surface area contributed by atoms with Crippen LogP contribution in [0, 0.1) is 5.41 Å². The van der Waals surface area contributed by atoms with Crippen LogP contribution in [0.5, 0.6) is 0 Å². The number of nitrogens with one attached hydrogen (secondary N) is 1. The smallest absolute Gasteiger partial charge is 0.324 e. The zero-order valence-corrected chi connectivity index (χ0v) is 9.63. The van der Waals surface area contributed by atoms with Crippen molar-refractivity contribution in [1.82, 2.24) is 10.4 Å². The van der Waals surface area contributed by atoms with E-state index >= 15 is 0 Å². The van der Waals surface area contributed by atoms with Crippen molar-refractivity contribution >= 4 is 11.9 Å². The number of carboxylic acid groups (broad SMARTS) is 1. The Bertz CT molecular complexity index is 296. The van der Waals surface area contributed by atoms with E-state index < -0.39 is 5.97 Å². The highest BCUT2D eigenvalue weighted by atomic mass is 16.4. The predicted octanol–water partition coefficient (Wildman–Crippen LogP) is 0.613. The van der Waals surface area contributed by atoms with Crippen LogP contribution in [0.25, 0.3) is 0 Å². The van der Waals surface area contributed by atoms with Gasteiger partial charge < -0.3 is 5.11 Å². The lowest BCUT2D eigenvalue weighted by atomic mass is 9.74. The van der Waals surface area contributed by atoms with Crippen molar-refractivity contribution in [1.29, 1.82) is 0 Å². The van der Waals surface area contributed by atoms with Crippen molar-refractivity contribution in [3.63, 3.8) is 0 Å². The second kappa shape index (κ2) is 3.48. The lowest BCUT2D eigenvalue weighted by Gasteiger charge is -2.38. The Morgan fingerprint density at radius 3 is 2.47 bits per heavy atom. The molecule has 0 radical (unpaired) electrons. The number of hydrogen-bond acceptors (Lipinski definition) is 3. The molecule has 1 atom stereocenters. The van der Waals surface area contributed by atoms with E-state index in [2.05, 4.69) is 5.43 Å². The largest absolute Gasteiger partial charge is 0.480 e. The van der Waals surface area contributed by atoms with E-state index in [9.17, 15) is 9.59 Å². The van der Waals surface area contributed by atoms with Crippen molar-refractivity contribution in [2.75, 3.05) is 6.54 Å². The van der Waals surface area contributed by atoms with E-state index in [1.807, 2.05) is 27.7 Å². The molecule has 1 fully saturated rings. The average Bonchev–Trinajstić information content (AvgIpc) is 2.25. The molecule has 1 aliphatic heterocycles. The van der Waals surface area contributed by atoms with Crippen molar-refractivity contribution in [2.24, 2.45) is 5.41 Å². The quantitative estimate of drug-likeness (QED) is 0.706. The van der Waals surface area contributed by atoms with Crippen LogP contribution in [0.1, 0.15) is 34.1 Å². The van der Waals surface area contributed by atoms with Gasteiger partial charge in [0.1, 0.15) is 6.54 Å². The summed E-state index contributed by atoms with van der Waals surface area (Å²) in [5.74, 6) is -1.16. The number of aliphatic carboxylic acids is 1. The summed E-state index contributed by atoms with van der Waals surface area (Å²) >= 11 is 0. The summed E-state index contributed by atoms with van der Waals surface area (Å²) in [4.78, 5) is 22.1. The number of hydrogen-bond donors (Lipinski definition) is 2. The van der Waals surface area contributed by atoms with Crippen LogP contribution in [-0.4, -0.2) is 34.1 Å². The minimum absolute atomic E-state index is 0.101. The van der Waals surface area contributed by atoms with Crippen LogP contribution in [0.15, 0.2) is 0 Å². The Morgan fingerprint density at radius 1 is 1.60 bits per heavy atom. The van der Waals surface area contributed by atoms with Gasteiger partial charge in [-0.05, 0) is 12.3 Å². The molecule has 5 nitrogen and oxygen atoms in total. The van der Waals surface area contributed by atoms with Gasteiger partial charge in [0.2, 0.25) is 5.91 Å². The third kappa shape index (κ3) is 2.28. The number of rotatable bonds is 2. The first kappa shape index (κ1) is 12.0. The van der Waals surface area contributed by atoms with Crippen molar-refractivity contribution in [3.05, 3.63) is 0 Å². The Morgan fingerprint density at radius 2 is 2.13 bits per heavy atom. The molecule has 1 amide bonds. The van der Waals surface area contributed by atoms with Gasteiger partial charge in [0.05, 0.1) is 0 Å². The SMILES string of the molecule is CC(C)(C)C1(C)CC(=O)N(CC(=O)O)N1. The van der Waals surface area contributed by atoms with Crippen LogP contribution in [0.2, 0.25) is 0 Å². The number of hydrazine groups is 1. The molecule has 0 aromatic heterocycles. The average molecular weight is 214 g/mol. The summed E-state index contributed by atoms with van der Waals surface area (Å²) in [6, 6.07) is 0. The molecule has 2 N–H and O–H groups in total. The first-order valence-electron chi connectivity index (χ1n) is 4.96. The third-order valence-corrected chi connectivity index (χ3v) is 3.14. The van der Waals surface area contributed by atoms with Gasteiger partial charge in [-0.15, -0.1) is 0 Å². The molecule has 1 aliphatic rings. The molecule has 0 aromatic rings. The zero-order valence-electron chi connectivity index (χ0n) is 9.63. The Balaban J connectivity index is 2.79. The number of carbonyl (C=O) groups is 2. The minimum Gasteiger partial charge on any atom is -0.480 e. The molecule has 5 heteroatoms. The van der Waals surface area contributed by atoms with E-state index in [0.717, 1.165) is 0 Å². The van der Waals surface area contributed by atoms with Crippen LogP contribution in [0.3, 0.4) is 0 Å². The molecule has 0 spiro atoms. The summed E-state index contributed by atoms with van der Waals surface area (Å²) < 4.78 is 0. The lowest BCUT2D eigenvalue weighted by molar-refractivity contribution is -0.144. The first-order valence-corrected chi connectivity index (χ1v) is 4.96. The molecule has 0 aliphatic carbocycles. The molecule has 0 saturated carbocycles. The second-order valence-corrected chi connectivity index (χ2v) is 5.24. The molecule has 1 unspecified atom stereocenters. The summed E-state index contributed by atoms with van der Waals surface area (Å²) in [5, 5.41) is 9.82. The van der Waals surface area contributed by atoms with E-state index in [1.54, 1.807) is 0 Å².